The minimum Gasteiger partial charge on any atom is -0.100 e. The predicted molar refractivity (Wildman–Crippen MR) is 123 cm³/mol. The van der Waals surface area contributed by atoms with Crippen LogP contribution in [0.2, 0.25) is 0 Å². The van der Waals surface area contributed by atoms with Crippen LogP contribution < -0.4 is 15.9 Å². The fourth-order valence-electron chi connectivity index (χ4n) is 3.49. The number of benzene rings is 3. The van der Waals surface area contributed by atoms with Crippen molar-refractivity contribution in [2.75, 3.05) is 6.16 Å². The topological polar surface area (TPSA) is 0 Å². The lowest BCUT2D eigenvalue weighted by molar-refractivity contribution is 0.982. The van der Waals surface area contributed by atoms with E-state index in [0.29, 0.717) is 0 Å². The second kappa shape index (κ2) is 9.49. The van der Waals surface area contributed by atoms with Crippen LogP contribution in [0.25, 0.3) is 0 Å². The minimum atomic E-state index is -1.73. The van der Waals surface area contributed by atoms with E-state index in [9.17, 15) is 0 Å². The summed E-state index contributed by atoms with van der Waals surface area (Å²) in [6.07, 6.45) is 7.89. The third kappa shape index (κ3) is 4.65. The molecule has 0 aliphatic rings. The van der Waals surface area contributed by atoms with Crippen LogP contribution in [0.3, 0.4) is 0 Å². The number of allylic oxidation sites excluding steroid dienone is 3. The summed E-state index contributed by atoms with van der Waals surface area (Å²) in [6, 6.07) is 33.1. The third-order valence-electron chi connectivity index (χ3n) is 4.87. The van der Waals surface area contributed by atoms with Gasteiger partial charge in [0.2, 0.25) is 0 Å². The normalized spacial score (nSPS) is 11.6. The van der Waals surface area contributed by atoms with E-state index in [0.717, 1.165) is 19.0 Å². The highest BCUT2D eigenvalue weighted by molar-refractivity contribution is 7.95. The first-order valence-electron chi connectivity index (χ1n) is 9.58. The Kier molecular flexibility index (Phi) is 6.80. The smallest absolute Gasteiger partial charge is 0.100 e. The second-order valence-corrected chi connectivity index (χ2v) is 10.5. The van der Waals surface area contributed by atoms with Crippen molar-refractivity contribution in [3.8, 4) is 0 Å². The fourth-order valence-corrected chi connectivity index (χ4v) is 7.53. The first-order chi connectivity index (χ1) is 13.2. The summed E-state index contributed by atoms with van der Waals surface area (Å²) in [4.78, 5) is 0. The van der Waals surface area contributed by atoms with E-state index in [4.69, 9.17) is 0 Å². The molecule has 0 fully saturated rings. The Bertz CT molecular complexity index is 767. The monoisotopic (exact) mass is 371 g/mol. The van der Waals surface area contributed by atoms with Crippen LogP contribution in [0.15, 0.2) is 115 Å². The molecule has 0 nitrogen and oxygen atoms in total. The van der Waals surface area contributed by atoms with Crippen LogP contribution in [0.5, 0.6) is 0 Å². The van der Waals surface area contributed by atoms with Crippen molar-refractivity contribution in [3.63, 3.8) is 0 Å². The molecule has 3 rings (SSSR count). The summed E-state index contributed by atoms with van der Waals surface area (Å²) in [6.45, 7) is 6.12. The van der Waals surface area contributed by atoms with Gasteiger partial charge in [-0.2, -0.15) is 0 Å². The summed E-state index contributed by atoms with van der Waals surface area (Å²) in [5.41, 5.74) is 1.25. The molecule has 0 saturated heterocycles. The van der Waals surface area contributed by atoms with E-state index in [-0.39, 0.29) is 0 Å². The average molecular weight is 371 g/mol. The standard InChI is InChI=1S/C26H28P/c1-23(2)15-7-6-14-22-27(24-16-8-3-9-17-24,25-18-10-4-11-19-25)26-20-12-5-13-21-26/h3-6,8-14,16-21H,1,7,15,22H2,2H3/q+1/b14-6+. The molecule has 0 saturated carbocycles. The fraction of sp³-hybridized carbons (Fsp3) is 0.154. The summed E-state index contributed by atoms with van der Waals surface area (Å²) in [5, 5.41) is 4.31. The van der Waals surface area contributed by atoms with Crippen molar-refractivity contribution in [2.45, 2.75) is 19.8 Å². The maximum atomic E-state index is 4.02. The Morgan fingerprint density at radius 1 is 0.704 bits per heavy atom. The van der Waals surface area contributed by atoms with E-state index < -0.39 is 7.26 Å². The summed E-state index contributed by atoms with van der Waals surface area (Å²) < 4.78 is 0. The molecule has 27 heavy (non-hydrogen) atoms. The van der Waals surface area contributed by atoms with Crippen molar-refractivity contribution >= 4 is 23.2 Å². The van der Waals surface area contributed by atoms with Crippen molar-refractivity contribution in [1.82, 2.24) is 0 Å². The predicted octanol–water partition coefficient (Wildman–Crippen LogP) is 5.89. The molecule has 0 aromatic heterocycles. The quantitative estimate of drug-likeness (QED) is 0.342. The number of rotatable bonds is 8. The van der Waals surface area contributed by atoms with Gasteiger partial charge >= 0.3 is 0 Å². The van der Waals surface area contributed by atoms with Crippen LogP contribution in [0, 0.1) is 0 Å². The highest BCUT2D eigenvalue weighted by atomic mass is 31.2. The summed E-state index contributed by atoms with van der Waals surface area (Å²) >= 11 is 0. The van der Waals surface area contributed by atoms with Gasteiger partial charge in [0.15, 0.2) is 0 Å². The van der Waals surface area contributed by atoms with Gasteiger partial charge in [-0.25, -0.2) is 0 Å². The molecular formula is C26H28P+. The zero-order chi connectivity index (χ0) is 19.0. The van der Waals surface area contributed by atoms with E-state index in [2.05, 4.69) is 117 Å². The third-order valence-corrected chi connectivity index (χ3v) is 9.17. The molecule has 0 aliphatic carbocycles. The molecule has 0 radical (unpaired) electrons. The Hall–Kier alpha value is -2.43. The molecule has 0 heterocycles. The van der Waals surface area contributed by atoms with Gasteiger partial charge in [-0.15, -0.1) is 6.58 Å². The van der Waals surface area contributed by atoms with Crippen LogP contribution in [0.4, 0.5) is 0 Å². The maximum Gasteiger partial charge on any atom is 0.115 e. The molecule has 0 bridgehead atoms. The van der Waals surface area contributed by atoms with Gasteiger partial charge in [0.05, 0.1) is 6.16 Å². The largest absolute Gasteiger partial charge is 0.115 e. The Morgan fingerprint density at radius 3 is 1.48 bits per heavy atom. The summed E-state index contributed by atoms with van der Waals surface area (Å²) in [7, 11) is -1.73. The van der Waals surface area contributed by atoms with Gasteiger partial charge in [0.25, 0.3) is 0 Å². The Balaban J connectivity index is 2.10. The van der Waals surface area contributed by atoms with Crippen LogP contribution in [0.1, 0.15) is 19.8 Å². The molecular weight excluding hydrogens is 343 g/mol. The van der Waals surface area contributed by atoms with Gasteiger partial charge < -0.3 is 0 Å². The van der Waals surface area contributed by atoms with Crippen molar-refractivity contribution in [1.29, 1.82) is 0 Å². The van der Waals surface area contributed by atoms with Gasteiger partial charge in [0.1, 0.15) is 23.2 Å². The highest BCUT2D eigenvalue weighted by Crippen LogP contribution is 2.55. The highest BCUT2D eigenvalue weighted by Gasteiger charge is 2.43. The Labute approximate surface area is 164 Å². The van der Waals surface area contributed by atoms with E-state index in [1.807, 2.05) is 0 Å². The van der Waals surface area contributed by atoms with Crippen LogP contribution >= 0.6 is 7.26 Å². The van der Waals surface area contributed by atoms with Crippen molar-refractivity contribution < 1.29 is 0 Å². The maximum absolute atomic E-state index is 4.02. The van der Waals surface area contributed by atoms with Gasteiger partial charge in [-0.1, -0.05) is 72.3 Å². The van der Waals surface area contributed by atoms with Crippen molar-refractivity contribution in [2.24, 2.45) is 0 Å². The van der Waals surface area contributed by atoms with E-state index >= 15 is 0 Å². The molecule has 3 aromatic rings. The molecule has 0 spiro atoms. The molecule has 1 heteroatoms. The van der Waals surface area contributed by atoms with Gasteiger partial charge in [0, 0.05) is 0 Å². The average Bonchev–Trinajstić information content (AvgIpc) is 2.73. The van der Waals surface area contributed by atoms with Crippen LogP contribution in [-0.4, -0.2) is 6.16 Å². The molecule has 136 valence electrons. The van der Waals surface area contributed by atoms with Gasteiger partial charge in [-0.3, -0.25) is 0 Å². The molecule has 0 amide bonds. The lowest BCUT2D eigenvalue weighted by Gasteiger charge is -2.26. The minimum absolute atomic E-state index is 1.04. The lowest BCUT2D eigenvalue weighted by atomic mass is 10.2. The molecule has 0 aliphatic heterocycles. The van der Waals surface area contributed by atoms with Crippen LogP contribution in [-0.2, 0) is 0 Å². The zero-order valence-corrected chi connectivity index (χ0v) is 17.0. The van der Waals surface area contributed by atoms with E-state index in [1.54, 1.807) is 0 Å². The summed E-state index contributed by atoms with van der Waals surface area (Å²) in [5.74, 6) is 0. The second-order valence-electron chi connectivity index (χ2n) is 6.97. The molecule has 0 atom stereocenters. The molecule has 3 aromatic carbocycles. The first kappa shape index (κ1) is 19.3. The SMILES string of the molecule is C=C(C)CC/C=C/C[P+](c1ccccc1)(c1ccccc1)c1ccccc1. The first-order valence-corrected chi connectivity index (χ1v) is 11.6. The number of hydrogen-bond donors (Lipinski definition) is 0. The Morgan fingerprint density at radius 2 is 1.11 bits per heavy atom. The molecule has 0 unspecified atom stereocenters. The van der Waals surface area contributed by atoms with Gasteiger partial charge in [-0.05, 0) is 56.2 Å². The lowest BCUT2D eigenvalue weighted by Crippen LogP contribution is -2.32. The van der Waals surface area contributed by atoms with Crippen molar-refractivity contribution in [3.05, 3.63) is 115 Å². The number of hydrogen-bond acceptors (Lipinski definition) is 0. The molecule has 0 N–H and O–H groups in total. The van der Waals surface area contributed by atoms with E-state index in [1.165, 1.54) is 21.5 Å². The zero-order valence-electron chi connectivity index (χ0n) is 16.1.